The summed E-state index contributed by atoms with van der Waals surface area (Å²) in [6, 6.07) is 0. The van der Waals surface area contributed by atoms with Crippen LogP contribution in [0.3, 0.4) is 0 Å². The van der Waals surface area contributed by atoms with Gasteiger partial charge in [0, 0.05) is 54.2 Å². The van der Waals surface area contributed by atoms with Crippen LogP contribution in [0.1, 0.15) is 94.4 Å². The molecule has 0 aromatic heterocycles. The lowest BCUT2D eigenvalue weighted by Crippen LogP contribution is -2.30. The molecule has 4 nitrogen and oxygen atoms in total. The van der Waals surface area contributed by atoms with Crippen LogP contribution in [0, 0.1) is 23.7 Å². The Bertz CT molecular complexity index is 1100. The van der Waals surface area contributed by atoms with Gasteiger partial charge in [0.2, 0.25) is 0 Å². The molecule has 0 saturated carbocycles. The van der Waals surface area contributed by atoms with E-state index in [0.29, 0.717) is 11.6 Å². The normalized spacial score (nSPS) is 23.7. The Labute approximate surface area is 245 Å². The van der Waals surface area contributed by atoms with Crippen molar-refractivity contribution in [2.75, 3.05) is 13.1 Å². The Balaban J connectivity index is 2.44. The topological polar surface area (TPSA) is 35.9 Å². The van der Waals surface area contributed by atoms with E-state index in [1.54, 1.807) is 13.0 Å². The second-order valence-electron chi connectivity index (χ2n) is 11.9. The highest BCUT2D eigenvalue weighted by Crippen LogP contribution is 2.27. The van der Waals surface area contributed by atoms with E-state index >= 15 is 0 Å². The summed E-state index contributed by atoms with van der Waals surface area (Å²) >= 11 is 0. The molecule has 0 aliphatic carbocycles. The molecule has 2 aliphatic rings. The molecule has 1 fully saturated rings. The second-order valence-corrected chi connectivity index (χ2v) is 11.9. The highest BCUT2D eigenvalue weighted by Gasteiger charge is 2.19. The Morgan fingerprint density at radius 3 is 2.35 bits per heavy atom. The molecule has 0 amide bonds. The van der Waals surface area contributed by atoms with Gasteiger partial charge in [0.05, 0.1) is 5.70 Å². The van der Waals surface area contributed by atoms with Gasteiger partial charge in [0.15, 0.2) is 5.78 Å². The number of rotatable bonds is 11. The predicted molar refractivity (Wildman–Crippen MR) is 174 cm³/mol. The first-order valence-electron chi connectivity index (χ1n) is 15.5. The summed E-state index contributed by atoms with van der Waals surface area (Å²) < 4.78 is 0. The van der Waals surface area contributed by atoms with Gasteiger partial charge in [-0.2, -0.15) is 0 Å². The van der Waals surface area contributed by atoms with Crippen molar-refractivity contribution < 1.29 is 4.79 Å². The van der Waals surface area contributed by atoms with E-state index in [0.717, 1.165) is 54.7 Å². The number of carbonyl (C=O) groups is 1. The van der Waals surface area contributed by atoms with Gasteiger partial charge in [-0.3, -0.25) is 9.79 Å². The lowest BCUT2D eigenvalue weighted by molar-refractivity contribution is -0.112. The van der Waals surface area contributed by atoms with E-state index in [2.05, 4.69) is 96.2 Å². The molecule has 4 atom stereocenters. The van der Waals surface area contributed by atoms with Gasteiger partial charge < -0.3 is 9.80 Å². The molecule has 1 saturated heterocycles. The van der Waals surface area contributed by atoms with Gasteiger partial charge in [0.25, 0.3) is 0 Å². The lowest BCUT2D eigenvalue weighted by atomic mass is 9.87. The molecule has 2 aliphatic heterocycles. The fourth-order valence-corrected chi connectivity index (χ4v) is 4.98. The summed E-state index contributed by atoms with van der Waals surface area (Å²) in [5.74, 6) is 2.28. The summed E-state index contributed by atoms with van der Waals surface area (Å²) in [5.41, 5.74) is 6.02. The molecule has 40 heavy (non-hydrogen) atoms. The number of likely N-dealkylation sites (tertiary alicyclic amines) is 1. The van der Waals surface area contributed by atoms with E-state index < -0.39 is 0 Å². The zero-order valence-corrected chi connectivity index (χ0v) is 26.8. The standard InChI is InChI=1S/C36H55N3O/c1-11-26(4)30(8)24-39-25-33(17-16-31(39)9)36(23-32(10)40)37-35(27(5)12-2)19-18-34(13-3)38-21-14-15-28(6)29(7)20-22-38/h13,16-19,23-29H,9,11-12,14-15,20-22H2,1-8,10H3/b19-18-,30-24-,34-13?,36-23-,37-35-. The van der Waals surface area contributed by atoms with Gasteiger partial charge in [-0.1, -0.05) is 59.8 Å². The molecule has 2 rings (SSSR count). The van der Waals surface area contributed by atoms with Crippen molar-refractivity contribution in [3.63, 3.8) is 0 Å². The van der Waals surface area contributed by atoms with E-state index in [-0.39, 0.29) is 11.7 Å². The summed E-state index contributed by atoms with van der Waals surface area (Å²) in [4.78, 5) is 22.0. The van der Waals surface area contributed by atoms with Crippen molar-refractivity contribution in [1.29, 1.82) is 0 Å². The minimum absolute atomic E-state index is 0.0130. The molecular formula is C36H55N3O. The number of hydrogen-bond acceptors (Lipinski definition) is 4. The fourth-order valence-electron chi connectivity index (χ4n) is 4.98. The van der Waals surface area contributed by atoms with Crippen LogP contribution in [-0.4, -0.2) is 34.4 Å². The first kappa shape index (κ1) is 33.3. The third kappa shape index (κ3) is 9.94. The first-order valence-corrected chi connectivity index (χ1v) is 15.5. The minimum Gasteiger partial charge on any atom is -0.372 e. The van der Waals surface area contributed by atoms with Crippen molar-refractivity contribution in [1.82, 2.24) is 9.80 Å². The summed E-state index contributed by atoms with van der Waals surface area (Å²) in [6.07, 6.45) is 22.3. The molecule has 2 heterocycles. The second kappa shape index (κ2) is 16.4. The van der Waals surface area contributed by atoms with Crippen LogP contribution < -0.4 is 0 Å². The van der Waals surface area contributed by atoms with Crippen molar-refractivity contribution in [2.24, 2.45) is 28.7 Å². The van der Waals surface area contributed by atoms with E-state index in [4.69, 9.17) is 4.99 Å². The number of aliphatic imine (C=N–C) groups is 1. The maximum Gasteiger partial charge on any atom is 0.154 e. The van der Waals surface area contributed by atoms with Crippen LogP contribution in [0.5, 0.6) is 0 Å². The molecule has 0 aromatic carbocycles. The number of nitrogens with zero attached hydrogens (tertiary/aromatic N) is 3. The van der Waals surface area contributed by atoms with Crippen LogP contribution in [0.25, 0.3) is 0 Å². The Morgan fingerprint density at radius 1 is 1.05 bits per heavy atom. The lowest BCUT2D eigenvalue weighted by Gasteiger charge is -2.32. The van der Waals surface area contributed by atoms with Gasteiger partial charge in [-0.15, -0.1) is 0 Å². The molecule has 0 aromatic rings. The largest absolute Gasteiger partial charge is 0.372 e. The molecule has 0 N–H and O–H groups in total. The predicted octanol–water partition coefficient (Wildman–Crippen LogP) is 9.38. The highest BCUT2D eigenvalue weighted by atomic mass is 16.1. The molecule has 0 radical (unpaired) electrons. The minimum atomic E-state index is -0.0130. The fraction of sp³-hybridized carbons (Fsp3) is 0.556. The van der Waals surface area contributed by atoms with E-state index in [1.165, 1.54) is 30.5 Å². The summed E-state index contributed by atoms with van der Waals surface area (Å²) in [7, 11) is 0. The third-order valence-corrected chi connectivity index (χ3v) is 8.80. The molecular weight excluding hydrogens is 490 g/mol. The quantitative estimate of drug-likeness (QED) is 0.147. The van der Waals surface area contributed by atoms with Crippen molar-refractivity contribution in [2.45, 2.75) is 94.4 Å². The summed E-state index contributed by atoms with van der Waals surface area (Å²) in [5, 5.41) is 0. The highest BCUT2D eigenvalue weighted by molar-refractivity contribution is 5.99. The average molecular weight is 546 g/mol. The molecule has 4 unspecified atom stereocenters. The average Bonchev–Trinajstić information content (AvgIpc) is 2.93. The van der Waals surface area contributed by atoms with E-state index in [1.807, 2.05) is 18.4 Å². The van der Waals surface area contributed by atoms with Crippen LogP contribution in [0.4, 0.5) is 0 Å². The molecule has 4 heteroatoms. The molecule has 0 spiro atoms. The Kier molecular flexibility index (Phi) is 13.7. The van der Waals surface area contributed by atoms with Crippen LogP contribution in [0.2, 0.25) is 0 Å². The van der Waals surface area contributed by atoms with Crippen LogP contribution >= 0.6 is 0 Å². The maximum absolute atomic E-state index is 12.3. The third-order valence-electron chi connectivity index (χ3n) is 8.80. The van der Waals surface area contributed by atoms with Crippen LogP contribution in [0.15, 0.2) is 88.7 Å². The summed E-state index contributed by atoms with van der Waals surface area (Å²) in [6.45, 7) is 25.9. The van der Waals surface area contributed by atoms with Gasteiger partial charge in [-0.25, -0.2) is 0 Å². The Hall–Kier alpha value is -2.88. The SMILES string of the molecule is C=C1C=CC(C(=C/C(C)=O)/N=C(/C=C\C(=CC)N2CCCC(C)C(C)CC2)C(C)CC)=CN1/C=C(/C)C(C)CC. The van der Waals surface area contributed by atoms with Crippen molar-refractivity contribution in [3.8, 4) is 0 Å². The van der Waals surface area contributed by atoms with Crippen molar-refractivity contribution in [3.05, 3.63) is 83.7 Å². The number of allylic oxidation sites excluding steroid dienone is 7. The van der Waals surface area contributed by atoms with E-state index in [9.17, 15) is 4.79 Å². The van der Waals surface area contributed by atoms with Crippen LogP contribution in [-0.2, 0) is 4.79 Å². The smallest absolute Gasteiger partial charge is 0.154 e. The monoisotopic (exact) mass is 545 g/mol. The van der Waals surface area contributed by atoms with Gasteiger partial charge >= 0.3 is 0 Å². The number of ketones is 1. The van der Waals surface area contributed by atoms with Gasteiger partial charge in [-0.05, 0) is 101 Å². The first-order chi connectivity index (χ1) is 19.0. The number of carbonyl (C=O) groups excluding carboxylic acids is 1. The number of hydrogen-bond donors (Lipinski definition) is 0. The molecule has 0 bridgehead atoms. The molecule has 220 valence electrons. The van der Waals surface area contributed by atoms with Crippen molar-refractivity contribution >= 4 is 11.5 Å². The Morgan fingerprint density at radius 2 is 1.73 bits per heavy atom. The van der Waals surface area contributed by atoms with Gasteiger partial charge in [0.1, 0.15) is 0 Å². The zero-order chi connectivity index (χ0) is 29.8. The zero-order valence-electron chi connectivity index (χ0n) is 26.8. The maximum atomic E-state index is 12.3.